The molecule has 0 rings (SSSR count). The number of alkyl halides is 3. The molecule has 2 amide bonds. The van der Waals surface area contributed by atoms with E-state index in [4.69, 9.17) is 5.11 Å². The number of nitrogens with zero attached hydrogens (tertiary/aromatic N) is 1. The molecule has 100 valence electrons. The first-order valence-electron chi connectivity index (χ1n) is 4.91. The van der Waals surface area contributed by atoms with Gasteiger partial charge in [0.25, 0.3) is 0 Å². The number of amides is 2. The molecule has 0 aromatic rings. The summed E-state index contributed by atoms with van der Waals surface area (Å²) in [5.41, 5.74) is 0. The molecule has 0 fully saturated rings. The fourth-order valence-electron chi connectivity index (χ4n) is 1.01. The Morgan fingerprint density at radius 2 is 1.76 bits per heavy atom. The van der Waals surface area contributed by atoms with Gasteiger partial charge in [0.15, 0.2) is 0 Å². The van der Waals surface area contributed by atoms with Crippen LogP contribution in [0.2, 0.25) is 0 Å². The second-order valence-corrected chi connectivity index (χ2v) is 3.85. The Labute approximate surface area is 96.6 Å². The maximum Gasteiger partial charge on any atom is 0.406 e. The van der Waals surface area contributed by atoms with Crippen molar-refractivity contribution in [3.05, 3.63) is 0 Å². The van der Waals surface area contributed by atoms with E-state index in [1.54, 1.807) is 0 Å². The molecule has 0 saturated carbocycles. The summed E-state index contributed by atoms with van der Waals surface area (Å²) in [5, 5.41) is 10.5. The van der Waals surface area contributed by atoms with Crippen molar-refractivity contribution in [2.75, 3.05) is 6.54 Å². The first-order valence-corrected chi connectivity index (χ1v) is 4.91. The van der Waals surface area contributed by atoms with Crippen LogP contribution in [0, 0.1) is 0 Å². The van der Waals surface area contributed by atoms with Gasteiger partial charge in [-0.25, -0.2) is 4.79 Å². The van der Waals surface area contributed by atoms with Crippen molar-refractivity contribution in [1.82, 2.24) is 10.2 Å². The lowest BCUT2D eigenvalue weighted by Crippen LogP contribution is -2.51. The van der Waals surface area contributed by atoms with Crippen molar-refractivity contribution < 1.29 is 27.9 Å². The third kappa shape index (κ3) is 5.98. The molecule has 0 spiro atoms. The fraction of sp³-hybridized carbons (Fsp3) is 0.778. The summed E-state index contributed by atoms with van der Waals surface area (Å²) in [7, 11) is 0. The van der Waals surface area contributed by atoms with Crippen molar-refractivity contribution in [1.29, 1.82) is 0 Å². The molecule has 17 heavy (non-hydrogen) atoms. The Balaban J connectivity index is 4.62. The summed E-state index contributed by atoms with van der Waals surface area (Å²) in [6.07, 6.45) is -4.52. The Kier molecular flexibility index (Phi) is 5.24. The zero-order valence-electron chi connectivity index (χ0n) is 9.71. The molecule has 0 saturated heterocycles. The number of aliphatic carboxylic acids is 1. The van der Waals surface area contributed by atoms with Crippen molar-refractivity contribution in [3.8, 4) is 0 Å². The van der Waals surface area contributed by atoms with Crippen LogP contribution in [0.3, 0.4) is 0 Å². The van der Waals surface area contributed by atoms with E-state index in [9.17, 15) is 22.8 Å². The summed E-state index contributed by atoms with van der Waals surface area (Å²) in [4.78, 5) is 22.4. The molecule has 0 aliphatic carbocycles. The summed E-state index contributed by atoms with van der Waals surface area (Å²) in [6.45, 7) is 2.59. The SMILES string of the molecule is CC(C)N(CC(F)(F)F)C(=O)N[C@@H](C)C(=O)O. The summed E-state index contributed by atoms with van der Waals surface area (Å²) in [5.74, 6) is -1.31. The highest BCUT2D eigenvalue weighted by molar-refractivity contribution is 5.82. The van der Waals surface area contributed by atoms with Gasteiger partial charge < -0.3 is 15.3 Å². The number of urea groups is 1. The lowest BCUT2D eigenvalue weighted by molar-refractivity contribution is -0.143. The maximum absolute atomic E-state index is 12.2. The number of carboxylic acid groups (broad SMARTS) is 1. The number of halogens is 3. The number of carbonyl (C=O) groups excluding carboxylic acids is 1. The normalized spacial score (nSPS) is 13.4. The highest BCUT2D eigenvalue weighted by atomic mass is 19.4. The number of hydrogen-bond acceptors (Lipinski definition) is 2. The molecule has 0 bridgehead atoms. The minimum Gasteiger partial charge on any atom is -0.480 e. The fourth-order valence-corrected chi connectivity index (χ4v) is 1.01. The molecule has 0 aliphatic rings. The molecule has 0 aliphatic heterocycles. The van der Waals surface area contributed by atoms with Gasteiger partial charge >= 0.3 is 18.2 Å². The van der Waals surface area contributed by atoms with Crippen LogP contribution in [0.4, 0.5) is 18.0 Å². The third-order valence-electron chi connectivity index (χ3n) is 1.94. The number of rotatable bonds is 4. The number of hydrogen-bond donors (Lipinski definition) is 2. The predicted octanol–water partition coefficient (Wildman–Crippen LogP) is 1.44. The lowest BCUT2D eigenvalue weighted by Gasteiger charge is -2.28. The van der Waals surface area contributed by atoms with Crippen molar-refractivity contribution >= 4 is 12.0 Å². The van der Waals surface area contributed by atoms with Gasteiger partial charge in [0.05, 0.1) is 0 Å². The lowest BCUT2D eigenvalue weighted by atomic mass is 10.3. The van der Waals surface area contributed by atoms with E-state index >= 15 is 0 Å². The van der Waals surface area contributed by atoms with Crippen molar-refractivity contribution in [3.63, 3.8) is 0 Å². The molecular formula is C9H15F3N2O3. The average Bonchev–Trinajstić information content (AvgIpc) is 2.11. The number of nitrogens with one attached hydrogen (secondary N) is 1. The van der Waals surface area contributed by atoms with Crippen molar-refractivity contribution in [2.24, 2.45) is 0 Å². The topological polar surface area (TPSA) is 69.6 Å². The minimum atomic E-state index is -4.52. The molecule has 0 aromatic carbocycles. The Hall–Kier alpha value is -1.47. The largest absolute Gasteiger partial charge is 0.480 e. The summed E-state index contributed by atoms with van der Waals surface area (Å²) in [6, 6.07) is -2.97. The van der Waals surface area contributed by atoms with Crippen LogP contribution in [0.1, 0.15) is 20.8 Å². The Bertz CT molecular complexity index is 292. The van der Waals surface area contributed by atoms with Gasteiger partial charge in [0.2, 0.25) is 0 Å². The monoisotopic (exact) mass is 256 g/mol. The molecule has 0 heterocycles. The quantitative estimate of drug-likeness (QED) is 0.799. The average molecular weight is 256 g/mol. The Morgan fingerprint density at radius 1 is 1.29 bits per heavy atom. The van der Waals surface area contributed by atoms with Crippen LogP contribution >= 0.6 is 0 Å². The summed E-state index contributed by atoms with van der Waals surface area (Å²) >= 11 is 0. The smallest absolute Gasteiger partial charge is 0.406 e. The molecule has 1 atom stereocenters. The van der Waals surface area contributed by atoms with E-state index in [0.29, 0.717) is 4.90 Å². The van der Waals surface area contributed by atoms with Gasteiger partial charge in [-0.2, -0.15) is 13.2 Å². The molecule has 2 N–H and O–H groups in total. The first-order chi connectivity index (χ1) is 7.54. The zero-order chi connectivity index (χ0) is 13.8. The predicted molar refractivity (Wildman–Crippen MR) is 53.5 cm³/mol. The first kappa shape index (κ1) is 15.5. The van der Waals surface area contributed by atoms with E-state index < -0.39 is 36.8 Å². The highest BCUT2D eigenvalue weighted by Crippen LogP contribution is 2.18. The van der Waals surface area contributed by atoms with Gasteiger partial charge in [-0.1, -0.05) is 0 Å². The van der Waals surface area contributed by atoms with Gasteiger partial charge in [-0.15, -0.1) is 0 Å². The second kappa shape index (κ2) is 5.74. The van der Waals surface area contributed by atoms with Gasteiger partial charge in [-0.05, 0) is 20.8 Å². The molecule has 8 heteroatoms. The molecule has 0 radical (unpaired) electrons. The van der Waals surface area contributed by atoms with E-state index in [-0.39, 0.29) is 0 Å². The second-order valence-electron chi connectivity index (χ2n) is 3.85. The zero-order valence-corrected chi connectivity index (χ0v) is 9.71. The van der Waals surface area contributed by atoms with Gasteiger partial charge in [-0.3, -0.25) is 4.79 Å². The van der Waals surface area contributed by atoms with Crippen LogP contribution in [-0.2, 0) is 4.79 Å². The van der Waals surface area contributed by atoms with Crippen LogP contribution < -0.4 is 5.32 Å². The minimum absolute atomic E-state index is 0.527. The molecule has 0 unspecified atom stereocenters. The number of carboxylic acids is 1. The van der Waals surface area contributed by atoms with Crippen molar-refractivity contribution in [2.45, 2.75) is 39.0 Å². The van der Waals surface area contributed by atoms with Crippen LogP contribution in [0.15, 0.2) is 0 Å². The number of carbonyl (C=O) groups is 2. The molecular weight excluding hydrogens is 241 g/mol. The maximum atomic E-state index is 12.2. The van der Waals surface area contributed by atoms with Gasteiger partial charge in [0, 0.05) is 6.04 Å². The highest BCUT2D eigenvalue weighted by Gasteiger charge is 2.34. The third-order valence-corrected chi connectivity index (χ3v) is 1.94. The van der Waals surface area contributed by atoms with Gasteiger partial charge in [0.1, 0.15) is 12.6 Å². The van der Waals surface area contributed by atoms with E-state index in [1.165, 1.54) is 20.8 Å². The standard InChI is InChI=1S/C9H15F3N2O3/c1-5(2)14(4-9(10,11)12)8(17)13-6(3)7(15)16/h5-6H,4H2,1-3H3,(H,13,17)(H,15,16)/t6-/m0/s1. The van der Waals surface area contributed by atoms with E-state index in [0.717, 1.165) is 0 Å². The van der Waals surface area contributed by atoms with E-state index in [1.807, 2.05) is 5.32 Å². The van der Waals surface area contributed by atoms with E-state index in [2.05, 4.69) is 0 Å². The summed E-state index contributed by atoms with van der Waals surface area (Å²) < 4.78 is 36.6. The van der Waals surface area contributed by atoms with Crippen LogP contribution in [0.25, 0.3) is 0 Å². The molecule has 5 nitrogen and oxygen atoms in total. The Morgan fingerprint density at radius 3 is 2.06 bits per heavy atom. The molecule has 0 aromatic heterocycles. The van der Waals surface area contributed by atoms with Crippen LogP contribution in [0.5, 0.6) is 0 Å². The van der Waals surface area contributed by atoms with Crippen LogP contribution in [-0.4, -0.2) is 46.8 Å².